The van der Waals surface area contributed by atoms with Crippen LogP contribution in [0.1, 0.15) is 24.2 Å². The fourth-order valence-electron chi connectivity index (χ4n) is 2.97. The van der Waals surface area contributed by atoms with E-state index in [1.807, 2.05) is 49.7 Å². The maximum absolute atomic E-state index is 12.3. The Hall–Kier alpha value is -2.80. The molecule has 28 heavy (non-hydrogen) atoms. The first-order chi connectivity index (χ1) is 13.5. The number of nitrogens with zero attached hydrogens (tertiary/aromatic N) is 3. The lowest BCUT2D eigenvalue weighted by atomic mass is 10.2. The van der Waals surface area contributed by atoms with Crippen molar-refractivity contribution in [1.82, 2.24) is 14.5 Å². The number of hydrogen-bond donors (Lipinski definition) is 1. The molecule has 3 rings (SSSR count). The third-order valence-electron chi connectivity index (χ3n) is 4.54. The van der Waals surface area contributed by atoms with E-state index in [4.69, 9.17) is 0 Å². The van der Waals surface area contributed by atoms with Gasteiger partial charge in [-0.15, -0.1) is 0 Å². The molecule has 0 bridgehead atoms. The van der Waals surface area contributed by atoms with Crippen molar-refractivity contribution in [2.45, 2.75) is 19.0 Å². The Morgan fingerprint density at radius 1 is 1.07 bits per heavy atom. The van der Waals surface area contributed by atoms with E-state index in [9.17, 15) is 9.59 Å². The summed E-state index contributed by atoms with van der Waals surface area (Å²) in [7, 11) is 1.95. The maximum Gasteiger partial charge on any atom is 0.253 e. The highest BCUT2D eigenvalue weighted by atomic mass is 32.2. The molecule has 146 valence electrons. The SMILES string of the molecule is CCN(CC)C(=O)c1ccc(NC(=O)CSc2nc3ccccc3n2C)cc1. The van der Waals surface area contributed by atoms with E-state index in [0.29, 0.717) is 24.3 Å². The molecule has 1 N–H and O–H groups in total. The van der Waals surface area contributed by atoms with E-state index in [1.165, 1.54) is 11.8 Å². The summed E-state index contributed by atoms with van der Waals surface area (Å²) in [5.74, 6) is 0.150. The van der Waals surface area contributed by atoms with E-state index in [1.54, 1.807) is 29.2 Å². The van der Waals surface area contributed by atoms with Gasteiger partial charge in [0, 0.05) is 31.4 Å². The largest absolute Gasteiger partial charge is 0.339 e. The molecule has 0 atom stereocenters. The molecular formula is C21H24N4O2S. The minimum absolute atomic E-state index is 0.000260. The number of nitrogens with one attached hydrogen (secondary N) is 1. The fourth-order valence-corrected chi connectivity index (χ4v) is 3.76. The van der Waals surface area contributed by atoms with Crippen LogP contribution >= 0.6 is 11.8 Å². The Morgan fingerprint density at radius 3 is 2.39 bits per heavy atom. The van der Waals surface area contributed by atoms with Gasteiger partial charge in [-0.3, -0.25) is 9.59 Å². The highest BCUT2D eigenvalue weighted by Gasteiger charge is 2.13. The van der Waals surface area contributed by atoms with Crippen LogP contribution in [0.4, 0.5) is 5.69 Å². The summed E-state index contributed by atoms with van der Waals surface area (Å²) in [4.78, 5) is 30.9. The summed E-state index contributed by atoms with van der Waals surface area (Å²) >= 11 is 1.40. The van der Waals surface area contributed by atoms with Crippen molar-refractivity contribution in [1.29, 1.82) is 0 Å². The Labute approximate surface area is 168 Å². The molecular weight excluding hydrogens is 372 g/mol. The Morgan fingerprint density at radius 2 is 1.75 bits per heavy atom. The molecule has 0 unspecified atom stereocenters. The van der Waals surface area contributed by atoms with Crippen molar-refractivity contribution in [2.24, 2.45) is 7.05 Å². The zero-order chi connectivity index (χ0) is 20.1. The van der Waals surface area contributed by atoms with E-state index in [2.05, 4.69) is 10.3 Å². The average Bonchev–Trinajstić information content (AvgIpc) is 3.04. The van der Waals surface area contributed by atoms with Gasteiger partial charge in [0.05, 0.1) is 16.8 Å². The standard InChI is InChI=1S/C21H24N4O2S/c1-4-25(5-2)20(27)15-10-12-16(13-11-15)22-19(26)14-28-21-23-17-8-6-7-9-18(17)24(21)3/h6-13H,4-5,14H2,1-3H3,(H,22,26). The molecule has 0 saturated heterocycles. The number of imidazole rings is 1. The van der Waals surface area contributed by atoms with E-state index in [0.717, 1.165) is 16.2 Å². The number of para-hydroxylation sites is 2. The Bertz CT molecular complexity index is 978. The van der Waals surface area contributed by atoms with Crippen LogP contribution in [0.2, 0.25) is 0 Å². The van der Waals surface area contributed by atoms with Crippen LogP contribution in [0.3, 0.4) is 0 Å². The number of aryl methyl sites for hydroxylation is 1. The molecule has 1 aromatic heterocycles. The van der Waals surface area contributed by atoms with Crippen LogP contribution in [0, 0.1) is 0 Å². The van der Waals surface area contributed by atoms with Gasteiger partial charge in [-0.2, -0.15) is 0 Å². The highest BCUT2D eigenvalue weighted by Crippen LogP contribution is 2.22. The zero-order valence-corrected chi connectivity index (χ0v) is 17.1. The van der Waals surface area contributed by atoms with E-state index >= 15 is 0 Å². The molecule has 2 amide bonds. The number of carbonyl (C=O) groups is 2. The van der Waals surface area contributed by atoms with Gasteiger partial charge >= 0.3 is 0 Å². The molecule has 0 aliphatic heterocycles. The Balaban J connectivity index is 1.58. The van der Waals surface area contributed by atoms with Crippen LogP contribution in [0.25, 0.3) is 11.0 Å². The molecule has 0 aliphatic carbocycles. The van der Waals surface area contributed by atoms with Gasteiger partial charge in [0.2, 0.25) is 5.91 Å². The summed E-state index contributed by atoms with van der Waals surface area (Å²) in [5.41, 5.74) is 3.25. The normalized spacial score (nSPS) is 10.8. The smallest absolute Gasteiger partial charge is 0.253 e. The summed E-state index contributed by atoms with van der Waals surface area (Å²) in [6, 6.07) is 14.9. The number of fused-ring (bicyclic) bond motifs is 1. The number of hydrogen-bond acceptors (Lipinski definition) is 4. The van der Waals surface area contributed by atoms with Crippen molar-refractivity contribution in [3.63, 3.8) is 0 Å². The van der Waals surface area contributed by atoms with E-state index in [-0.39, 0.29) is 17.6 Å². The van der Waals surface area contributed by atoms with Gasteiger partial charge in [-0.25, -0.2) is 4.98 Å². The summed E-state index contributed by atoms with van der Waals surface area (Å²) in [6.45, 7) is 5.26. The van der Waals surface area contributed by atoms with Gasteiger partial charge in [-0.05, 0) is 50.2 Å². The average molecular weight is 397 g/mol. The molecule has 0 saturated carbocycles. The van der Waals surface area contributed by atoms with Crippen LogP contribution in [0.5, 0.6) is 0 Å². The second-order valence-corrected chi connectivity index (χ2v) is 7.28. The summed E-state index contributed by atoms with van der Waals surface area (Å²) in [5, 5.41) is 3.67. The number of thioether (sulfide) groups is 1. The van der Waals surface area contributed by atoms with Gasteiger partial charge in [0.25, 0.3) is 5.91 Å². The van der Waals surface area contributed by atoms with Crippen LogP contribution in [-0.2, 0) is 11.8 Å². The first kappa shape index (κ1) is 19.9. The van der Waals surface area contributed by atoms with Gasteiger partial charge in [0.1, 0.15) is 0 Å². The third-order valence-corrected chi connectivity index (χ3v) is 5.57. The second-order valence-electron chi connectivity index (χ2n) is 6.33. The lowest BCUT2D eigenvalue weighted by Gasteiger charge is -2.18. The summed E-state index contributed by atoms with van der Waals surface area (Å²) < 4.78 is 1.99. The molecule has 2 aromatic carbocycles. The molecule has 7 heteroatoms. The second kappa shape index (κ2) is 8.93. The molecule has 0 fully saturated rings. The predicted octanol–water partition coefficient (Wildman–Crippen LogP) is 3.79. The zero-order valence-electron chi connectivity index (χ0n) is 16.3. The number of rotatable bonds is 7. The van der Waals surface area contributed by atoms with Gasteiger partial charge in [0.15, 0.2) is 5.16 Å². The lowest BCUT2D eigenvalue weighted by Crippen LogP contribution is -2.30. The first-order valence-electron chi connectivity index (χ1n) is 9.27. The number of amides is 2. The van der Waals surface area contributed by atoms with Crippen LogP contribution in [-0.4, -0.2) is 45.1 Å². The molecule has 0 radical (unpaired) electrons. The van der Waals surface area contributed by atoms with Crippen molar-refractivity contribution >= 4 is 40.3 Å². The monoisotopic (exact) mass is 396 g/mol. The highest BCUT2D eigenvalue weighted by molar-refractivity contribution is 7.99. The van der Waals surface area contributed by atoms with Crippen molar-refractivity contribution < 1.29 is 9.59 Å². The maximum atomic E-state index is 12.3. The van der Waals surface area contributed by atoms with Crippen molar-refractivity contribution in [2.75, 3.05) is 24.2 Å². The Kier molecular flexibility index (Phi) is 6.36. The lowest BCUT2D eigenvalue weighted by molar-refractivity contribution is -0.113. The van der Waals surface area contributed by atoms with Crippen LogP contribution < -0.4 is 5.32 Å². The number of aromatic nitrogens is 2. The third kappa shape index (κ3) is 4.36. The molecule has 0 aliphatic rings. The first-order valence-corrected chi connectivity index (χ1v) is 10.3. The topological polar surface area (TPSA) is 67.2 Å². The molecule has 0 spiro atoms. The van der Waals surface area contributed by atoms with Crippen molar-refractivity contribution in [3.05, 3.63) is 54.1 Å². The summed E-state index contributed by atoms with van der Waals surface area (Å²) in [6.07, 6.45) is 0. The van der Waals surface area contributed by atoms with E-state index < -0.39 is 0 Å². The van der Waals surface area contributed by atoms with Crippen molar-refractivity contribution in [3.8, 4) is 0 Å². The number of benzene rings is 2. The fraction of sp³-hybridized carbons (Fsp3) is 0.286. The minimum Gasteiger partial charge on any atom is -0.339 e. The van der Waals surface area contributed by atoms with Crippen LogP contribution in [0.15, 0.2) is 53.7 Å². The predicted molar refractivity (Wildman–Crippen MR) is 114 cm³/mol. The number of carbonyl (C=O) groups excluding carboxylic acids is 2. The minimum atomic E-state index is -0.111. The van der Waals surface area contributed by atoms with Gasteiger partial charge < -0.3 is 14.8 Å². The molecule has 1 heterocycles. The van der Waals surface area contributed by atoms with Gasteiger partial charge in [-0.1, -0.05) is 23.9 Å². The molecule has 6 nitrogen and oxygen atoms in total. The number of anilines is 1. The molecule has 3 aromatic rings. The quantitative estimate of drug-likeness (QED) is 0.617.